The zero-order valence-electron chi connectivity index (χ0n) is 11.4. The average molecular weight is 276 g/mol. The molecule has 0 aromatic rings. The number of rotatable bonds is 2. The Labute approximate surface area is 119 Å². The Morgan fingerprint density at radius 3 is 1.70 bits per heavy atom. The summed E-state index contributed by atoms with van der Waals surface area (Å²) in [7, 11) is 0. The third-order valence-corrected chi connectivity index (χ3v) is 4.33. The van der Waals surface area contributed by atoms with E-state index in [2.05, 4.69) is 24.3 Å². The van der Waals surface area contributed by atoms with Crippen LogP contribution < -0.4 is 0 Å². The fourth-order valence-corrected chi connectivity index (χ4v) is 3.31. The zero-order chi connectivity index (χ0) is 13.4. The van der Waals surface area contributed by atoms with E-state index in [0.29, 0.717) is 13.2 Å². The Balaban J connectivity index is 1.34. The van der Waals surface area contributed by atoms with Crippen molar-refractivity contribution >= 4 is 0 Å². The van der Waals surface area contributed by atoms with Crippen LogP contribution in [0.25, 0.3) is 0 Å². The highest BCUT2D eigenvalue weighted by atomic mass is 16.6. The van der Waals surface area contributed by atoms with Crippen LogP contribution in [0.2, 0.25) is 0 Å². The summed E-state index contributed by atoms with van der Waals surface area (Å²) in [5, 5.41) is 0. The van der Waals surface area contributed by atoms with Gasteiger partial charge in [0.2, 0.25) is 0 Å². The highest BCUT2D eigenvalue weighted by Crippen LogP contribution is 2.30. The summed E-state index contributed by atoms with van der Waals surface area (Å²) in [6, 6.07) is 0. The quantitative estimate of drug-likeness (QED) is 0.720. The van der Waals surface area contributed by atoms with Crippen LogP contribution >= 0.6 is 0 Å². The monoisotopic (exact) mass is 276 g/mol. The summed E-state index contributed by atoms with van der Waals surface area (Å²) in [6.45, 7) is 1.42. The highest BCUT2D eigenvalue weighted by Gasteiger charge is 2.36. The van der Waals surface area contributed by atoms with Crippen molar-refractivity contribution in [2.75, 3.05) is 13.2 Å². The molecule has 0 aliphatic carbocycles. The van der Waals surface area contributed by atoms with E-state index in [1.54, 1.807) is 0 Å². The van der Waals surface area contributed by atoms with E-state index >= 15 is 0 Å². The second-order valence-electron chi connectivity index (χ2n) is 5.73. The van der Waals surface area contributed by atoms with Gasteiger partial charge in [-0.2, -0.15) is 0 Å². The minimum atomic E-state index is 0.122. The Kier molecular flexibility index (Phi) is 3.48. The summed E-state index contributed by atoms with van der Waals surface area (Å²) in [5.41, 5.74) is 0. The van der Waals surface area contributed by atoms with Gasteiger partial charge in [0.25, 0.3) is 0 Å². The summed E-state index contributed by atoms with van der Waals surface area (Å²) < 4.78 is 23.2. The van der Waals surface area contributed by atoms with Gasteiger partial charge in [-0.15, -0.1) is 0 Å². The molecular formula is C16H20O4. The largest absolute Gasteiger partial charge is 0.371 e. The molecule has 6 atom stereocenters. The average Bonchev–Trinajstić information content (AvgIpc) is 3.07. The minimum absolute atomic E-state index is 0.122. The van der Waals surface area contributed by atoms with Gasteiger partial charge in [0.15, 0.2) is 0 Å². The standard InChI is InChI=1S/C16H20O4/c1-3-13-15(17-7-1)9-11(19-13)5-6-12-10-16-14(20-12)4-2-8-18-16/h1-6,11-16H,7-10H2/b6-5+/t11-,12-,13+,14+,15+,16+/m1/s1. The molecule has 0 unspecified atom stereocenters. The van der Waals surface area contributed by atoms with Crippen molar-refractivity contribution in [3.8, 4) is 0 Å². The van der Waals surface area contributed by atoms with Crippen LogP contribution in [0.5, 0.6) is 0 Å². The maximum absolute atomic E-state index is 5.94. The third kappa shape index (κ3) is 2.49. The molecule has 108 valence electrons. The molecule has 0 aromatic heterocycles. The Bertz CT molecular complexity index is 402. The smallest absolute Gasteiger partial charge is 0.103 e. The first-order chi connectivity index (χ1) is 9.88. The second kappa shape index (κ2) is 5.45. The summed E-state index contributed by atoms with van der Waals surface area (Å²) >= 11 is 0. The lowest BCUT2D eigenvalue weighted by atomic mass is 10.1. The summed E-state index contributed by atoms with van der Waals surface area (Å²) in [6.07, 6.45) is 15.3. The second-order valence-corrected chi connectivity index (χ2v) is 5.73. The van der Waals surface area contributed by atoms with E-state index in [0.717, 1.165) is 12.8 Å². The number of fused-ring (bicyclic) bond motifs is 2. The first kappa shape index (κ1) is 12.8. The van der Waals surface area contributed by atoms with Gasteiger partial charge in [-0.1, -0.05) is 36.5 Å². The van der Waals surface area contributed by atoms with Crippen molar-refractivity contribution in [2.45, 2.75) is 49.5 Å². The number of hydrogen-bond donors (Lipinski definition) is 0. The van der Waals surface area contributed by atoms with Crippen LogP contribution in [-0.2, 0) is 18.9 Å². The van der Waals surface area contributed by atoms with Gasteiger partial charge in [-0.05, 0) is 0 Å². The maximum atomic E-state index is 5.94. The number of ether oxygens (including phenoxy) is 4. The van der Waals surface area contributed by atoms with Crippen molar-refractivity contribution in [3.63, 3.8) is 0 Å². The molecule has 4 rings (SSSR count). The maximum Gasteiger partial charge on any atom is 0.103 e. The molecule has 2 fully saturated rings. The zero-order valence-corrected chi connectivity index (χ0v) is 11.4. The Hall–Kier alpha value is -0.940. The van der Waals surface area contributed by atoms with Crippen LogP contribution in [0, 0.1) is 0 Å². The molecule has 0 aromatic carbocycles. The van der Waals surface area contributed by atoms with Crippen molar-refractivity contribution in [2.24, 2.45) is 0 Å². The molecule has 2 saturated heterocycles. The topological polar surface area (TPSA) is 36.9 Å². The van der Waals surface area contributed by atoms with Crippen LogP contribution in [0.1, 0.15) is 12.8 Å². The van der Waals surface area contributed by atoms with Crippen LogP contribution in [0.3, 0.4) is 0 Å². The summed E-state index contributed by atoms with van der Waals surface area (Å²) in [4.78, 5) is 0. The highest BCUT2D eigenvalue weighted by molar-refractivity contribution is 5.10. The molecule has 4 heteroatoms. The van der Waals surface area contributed by atoms with Gasteiger partial charge in [-0.3, -0.25) is 0 Å². The van der Waals surface area contributed by atoms with Crippen molar-refractivity contribution in [1.29, 1.82) is 0 Å². The molecule has 0 bridgehead atoms. The van der Waals surface area contributed by atoms with E-state index in [9.17, 15) is 0 Å². The lowest BCUT2D eigenvalue weighted by Crippen LogP contribution is -2.25. The predicted molar refractivity (Wildman–Crippen MR) is 73.5 cm³/mol. The van der Waals surface area contributed by atoms with Crippen molar-refractivity contribution < 1.29 is 18.9 Å². The SMILES string of the molecule is C1=C[C@@H]2O[C@H](/C=C/[C@@H]3C[C@@H]4OCC=C[C@@H]4O3)C[C@@H]2OC1. The molecule has 4 heterocycles. The van der Waals surface area contributed by atoms with E-state index in [-0.39, 0.29) is 36.6 Å². The molecule has 0 N–H and O–H groups in total. The van der Waals surface area contributed by atoms with Crippen molar-refractivity contribution in [3.05, 3.63) is 36.5 Å². The predicted octanol–water partition coefficient (Wildman–Crippen LogP) is 1.77. The molecule has 0 spiro atoms. The van der Waals surface area contributed by atoms with Gasteiger partial charge in [0.05, 0.1) is 37.6 Å². The minimum Gasteiger partial charge on any atom is -0.371 e. The van der Waals surface area contributed by atoms with E-state index in [4.69, 9.17) is 18.9 Å². The molecule has 4 aliphatic heterocycles. The first-order valence-electron chi connectivity index (χ1n) is 7.44. The molecule has 0 radical (unpaired) electrons. The van der Waals surface area contributed by atoms with E-state index in [1.165, 1.54) is 0 Å². The van der Waals surface area contributed by atoms with E-state index < -0.39 is 0 Å². The lowest BCUT2D eigenvalue weighted by Gasteiger charge is -2.18. The fraction of sp³-hybridized carbons (Fsp3) is 0.625. The lowest BCUT2D eigenvalue weighted by molar-refractivity contribution is 0.00584. The van der Waals surface area contributed by atoms with Gasteiger partial charge < -0.3 is 18.9 Å². The third-order valence-electron chi connectivity index (χ3n) is 4.33. The molecule has 4 aliphatic rings. The normalized spacial score (nSPS) is 46.8. The van der Waals surface area contributed by atoms with Gasteiger partial charge in [-0.25, -0.2) is 0 Å². The van der Waals surface area contributed by atoms with Crippen LogP contribution in [0.15, 0.2) is 36.5 Å². The Morgan fingerprint density at radius 2 is 1.25 bits per heavy atom. The molecule has 0 amide bonds. The molecule has 4 nitrogen and oxygen atoms in total. The van der Waals surface area contributed by atoms with Crippen molar-refractivity contribution in [1.82, 2.24) is 0 Å². The van der Waals surface area contributed by atoms with Crippen LogP contribution in [0.4, 0.5) is 0 Å². The molecular weight excluding hydrogens is 256 g/mol. The van der Waals surface area contributed by atoms with Gasteiger partial charge in [0.1, 0.15) is 12.2 Å². The van der Waals surface area contributed by atoms with Crippen LogP contribution in [-0.4, -0.2) is 49.8 Å². The number of hydrogen-bond acceptors (Lipinski definition) is 4. The van der Waals surface area contributed by atoms with E-state index in [1.807, 2.05) is 12.2 Å². The molecule has 0 saturated carbocycles. The summed E-state index contributed by atoms with van der Waals surface area (Å²) in [5.74, 6) is 0. The van der Waals surface area contributed by atoms with Gasteiger partial charge in [0, 0.05) is 12.8 Å². The fourth-order valence-electron chi connectivity index (χ4n) is 3.31. The molecule has 20 heavy (non-hydrogen) atoms. The first-order valence-corrected chi connectivity index (χ1v) is 7.44. The Morgan fingerprint density at radius 1 is 0.750 bits per heavy atom. The van der Waals surface area contributed by atoms with Gasteiger partial charge >= 0.3 is 0 Å².